The summed E-state index contributed by atoms with van der Waals surface area (Å²) in [7, 11) is 0. The fraction of sp³-hybridized carbons (Fsp3) is 0.0667. The molecule has 0 fully saturated rings. The maximum absolute atomic E-state index is 13.5. The van der Waals surface area contributed by atoms with Crippen LogP contribution in [0.2, 0.25) is 0 Å². The van der Waals surface area contributed by atoms with Crippen LogP contribution in [0.1, 0.15) is 0 Å². The number of H-pyrrole nitrogens is 2. The Morgan fingerprint density at radius 2 is 2.12 bits per heavy atom. The Labute approximate surface area is 139 Å². The quantitative estimate of drug-likeness (QED) is 0.421. The molecule has 3 rings (SSSR count). The number of imidazole rings is 1. The van der Waals surface area contributed by atoms with E-state index in [4.69, 9.17) is 0 Å². The molecule has 0 spiro atoms. The minimum Gasteiger partial charge on any atom is -0.323 e. The van der Waals surface area contributed by atoms with Crippen molar-refractivity contribution >= 4 is 40.1 Å². The van der Waals surface area contributed by atoms with Crippen molar-refractivity contribution in [1.29, 1.82) is 0 Å². The van der Waals surface area contributed by atoms with Crippen molar-refractivity contribution in [3.8, 4) is 0 Å². The van der Waals surface area contributed by atoms with Gasteiger partial charge in [0.2, 0.25) is 5.91 Å². The van der Waals surface area contributed by atoms with E-state index in [1.807, 2.05) is 0 Å². The maximum atomic E-state index is 13.5. The number of carbonyl (C=O) groups is 1. The third kappa shape index (κ3) is 3.51. The molecule has 3 N–H and O–H groups in total. The van der Waals surface area contributed by atoms with Gasteiger partial charge in [-0.05, 0) is 30.0 Å². The Balaban J connectivity index is 1.66. The lowest BCUT2D eigenvalue weighted by Gasteiger charge is -2.04. The highest BCUT2D eigenvalue weighted by atomic mass is 32.2. The molecule has 1 aromatic heterocycles. The zero-order valence-corrected chi connectivity index (χ0v) is 13.0. The van der Waals surface area contributed by atoms with Crippen LogP contribution in [0.3, 0.4) is 0 Å². The van der Waals surface area contributed by atoms with Crippen molar-refractivity contribution in [2.24, 2.45) is 0 Å². The first-order chi connectivity index (χ1) is 11.5. The molecular weight excluding hydrogens is 335 g/mol. The third-order valence-corrected chi connectivity index (χ3v) is 4.11. The Kier molecular flexibility index (Phi) is 4.43. The summed E-state index contributed by atoms with van der Waals surface area (Å²) in [5, 5.41) is 13.8. The number of anilines is 1. The van der Waals surface area contributed by atoms with E-state index in [0.29, 0.717) is 16.2 Å². The number of para-hydroxylation sites is 1. The molecule has 0 radical (unpaired) electrons. The molecule has 0 aliphatic heterocycles. The number of fused-ring (bicyclic) bond motifs is 1. The van der Waals surface area contributed by atoms with Crippen LogP contribution < -0.4 is 10.3 Å². The van der Waals surface area contributed by atoms with Crippen LogP contribution in [0, 0.1) is 15.9 Å². The van der Waals surface area contributed by atoms with Gasteiger partial charge >= 0.3 is 5.16 Å². The van der Waals surface area contributed by atoms with Gasteiger partial charge in [0.15, 0.2) is 11.0 Å². The van der Waals surface area contributed by atoms with E-state index in [1.54, 1.807) is 18.2 Å². The fourth-order valence-electron chi connectivity index (χ4n) is 2.09. The summed E-state index contributed by atoms with van der Waals surface area (Å²) in [5.41, 5.74) is 1.37. The van der Waals surface area contributed by atoms with E-state index in [0.717, 1.165) is 0 Å². The van der Waals surface area contributed by atoms with Gasteiger partial charge in [-0.15, -0.1) is 0 Å². The highest BCUT2D eigenvalue weighted by Gasteiger charge is 2.16. The highest BCUT2D eigenvalue weighted by molar-refractivity contribution is 7.99. The number of nitro groups is 1. The molecule has 0 saturated carbocycles. The molecule has 0 unspecified atom stereocenters. The summed E-state index contributed by atoms with van der Waals surface area (Å²) in [6.07, 6.45) is 0. The Morgan fingerprint density at radius 1 is 1.33 bits per heavy atom. The predicted octanol–water partition coefficient (Wildman–Crippen LogP) is 2.76. The predicted molar refractivity (Wildman–Crippen MR) is 87.3 cm³/mol. The SMILES string of the molecule is O=C(CSc1[nH]c2cc([N+](=O)[O-])ccc2[nH+]1)Nc1ccccc1F. The number of aromatic nitrogens is 2. The van der Waals surface area contributed by atoms with E-state index in [2.05, 4.69) is 15.3 Å². The van der Waals surface area contributed by atoms with Crippen LogP contribution >= 0.6 is 11.8 Å². The monoisotopic (exact) mass is 347 g/mol. The van der Waals surface area contributed by atoms with Gasteiger partial charge in [-0.2, -0.15) is 0 Å². The van der Waals surface area contributed by atoms with Gasteiger partial charge in [0.25, 0.3) is 5.69 Å². The fourth-order valence-corrected chi connectivity index (χ4v) is 2.80. The second kappa shape index (κ2) is 6.67. The lowest BCUT2D eigenvalue weighted by molar-refractivity contribution is -0.396. The molecule has 7 nitrogen and oxygen atoms in total. The highest BCUT2D eigenvalue weighted by Crippen LogP contribution is 2.20. The van der Waals surface area contributed by atoms with Gasteiger partial charge in [-0.25, -0.2) is 14.4 Å². The molecule has 3 aromatic rings. The Morgan fingerprint density at radius 3 is 2.88 bits per heavy atom. The number of hydrogen-bond acceptors (Lipinski definition) is 4. The summed E-state index contributed by atoms with van der Waals surface area (Å²) in [6, 6.07) is 10.3. The second-order valence-corrected chi connectivity index (χ2v) is 5.87. The maximum Gasteiger partial charge on any atom is 0.315 e. The second-order valence-electron chi connectivity index (χ2n) is 4.88. The van der Waals surface area contributed by atoms with E-state index < -0.39 is 10.7 Å². The number of rotatable bonds is 5. The first-order valence-corrected chi connectivity index (χ1v) is 7.88. The minimum atomic E-state index is -0.500. The summed E-state index contributed by atoms with van der Waals surface area (Å²) >= 11 is 1.18. The number of benzene rings is 2. The largest absolute Gasteiger partial charge is 0.323 e. The average molecular weight is 347 g/mol. The number of aromatic amines is 2. The number of carbonyl (C=O) groups excluding carboxylic acids is 1. The number of nitrogens with zero attached hydrogens (tertiary/aromatic N) is 1. The van der Waals surface area contributed by atoms with E-state index in [-0.39, 0.29) is 23.0 Å². The van der Waals surface area contributed by atoms with Gasteiger partial charge < -0.3 is 5.32 Å². The molecule has 0 aliphatic carbocycles. The normalized spacial score (nSPS) is 10.7. The molecule has 122 valence electrons. The molecule has 2 aromatic carbocycles. The number of nitro benzene ring substituents is 1. The third-order valence-electron chi connectivity index (χ3n) is 3.21. The first-order valence-electron chi connectivity index (χ1n) is 6.89. The molecule has 0 atom stereocenters. The van der Waals surface area contributed by atoms with Crippen molar-refractivity contribution in [1.82, 2.24) is 4.98 Å². The Bertz CT molecular complexity index is 928. The summed E-state index contributed by atoms with van der Waals surface area (Å²) in [5.74, 6) is -0.803. The molecule has 9 heteroatoms. The first kappa shape index (κ1) is 15.9. The van der Waals surface area contributed by atoms with Crippen LogP contribution in [-0.2, 0) is 4.79 Å². The molecule has 0 bridgehead atoms. The van der Waals surface area contributed by atoms with Crippen LogP contribution in [-0.4, -0.2) is 21.6 Å². The topological polar surface area (TPSA) is 102 Å². The van der Waals surface area contributed by atoms with Gasteiger partial charge in [0, 0.05) is 6.07 Å². The van der Waals surface area contributed by atoms with Gasteiger partial charge in [0.1, 0.15) is 5.82 Å². The summed E-state index contributed by atoms with van der Waals surface area (Å²) in [6.45, 7) is 0. The summed E-state index contributed by atoms with van der Waals surface area (Å²) in [4.78, 5) is 28.2. The van der Waals surface area contributed by atoms with Gasteiger partial charge in [-0.3, -0.25) is 14.9 Å². The smallest absolute Gasteiger partial charge is 0.315 e. The van der Waals surface area contributed by atoms with Crippen molar-refractivity contribution in [2.45, 2.75) is 5.16 Å². The molecule has 1 amide bonds. The van der Waals surface area contributed by atoms with Crippen LogP contribution in [0.15, 0.2) is 47.6 Å². The number of hydrogen-bond donors (Lipinski definition) is 2. The number of amides is 1. The van der Waals surface area contributed by atoms with Crippen molar-refractivity contribution in [2.75, 3.05) is 11.1 Å². The van der Waals surface area contributed by atoms with E-state index >= 15 is 0 Å². The van der Waals surface area contributed by atoms with Gasteiger partial charge in [-0.1, -0.05) is 12.1 Å². The zero-order valence-electron chi connectivity index (χ0n) is 12.2. The lowest BCUT2D eigenvalue weighted by Crippen LogP contribution is -2.16. The standard InChI is InChI=1S/C15H11FN4O3S/c16-10-3-1-2-4-11(10)17-14(21)8-24-15-18-12-6-5-9(20(22)23)7-13(12)19-15/h1-7H,8H2,(H,17,21)(H,18,19)/p+1. The average Bonchev–Trinajstić information content (AvgIpc) is 2.97. The van der Waals surface area contributed by atoms with Crippen LogP contribution in [0.5, 0.6) is 0 Å². The molecular formula is C15H12FN4O3S+. The molecule has 0 aliphatic rings. The molecule has 0 saturated heterocycles. The van der Waals surface area contributed by atoms with Crippen molar-refractivity contribution in [3.05, 3.63) is 58.4 Å². The Hall–Kier alpha value is -2.94. The van der Waals surface area contributed by atoms with Crippen molar-refractivity contribution < 1.29 is 19.1 Å². The number of non-ortho nitro benzene ring substituents is 1. The van der Waals surface area contributed by atoms with Crippen LogP contribution in [0.4, 0.5) is 15.8 Å². The van der Waals surface area contributed by atoms with E-state index in [1.165, 1.54) is 36.0 Å². The number of thioether (sulfide) groups is 1. The van der Waals surface area contributed by atoms with Gasteiger partial charge in [0.05, 0.1) is 22.4 Å². The zero-order chi connectivity index (χ0) is 17.1. The molecule has 1 heterocycles. The lowest BCUT2D eigenvalue weighted by atomic mass is 10.3. The summed E-state index contributed by atoms with van der Waals surface area (Å²) < 4.78 is 13.5. The van der Waals surface area contributed by atoms with Crippen LogP contribution in [0.25, 0.3) is 11.0 Å². The van der Waals surface area contributed by atoms with Crippen molar-refractivity contribution in [3.63, 3.8) is 0 Å². The minimum absolute atomic E-state index is 0.0217. The number of halogens is 1. The number of nitrogens with one attached hydrogen (secondary N) is 3. The van der Waals surface area contributed by atoms with E-state index in [9.17, 15) is 19.3 Å². The molecule has 24 heavy (non-hydrogen) atoms.